The first-order chi connectivity index (χ1) is 14.0. The lowest BCUT2D eigenvalue weighted by molar-refractivity contribution is -0.385. The maximum Gasteiger partial charge on any atom is 0.311 e. The Kier molecular flexibility index (Phi) is 5.21. The number of halogens is 2. The van der Waals surface area contributed by atoms with Gasteiger partial charge in [0.05, 0.1) is 28.1 Å². The zero-order valence-electron chi connectivity index (χ0n) is 14.8. The van der Waals surface area contributed by atoms with Gasteiger partial charge in [-0.05, 0) is 18.2 Å². The number of aromatic nitrogens is 2. The maximum absolute atomic E-state index is 14.2. The van der Waals surface area contributed by atoms with E-state index in [0.29, 0.717) is 34.4 Å². The smallest absolute Gasteiger partial charge is 0.311 e. The van der Waals surface area contributed by atoms with Gasteiger partial charge in [0.25, 0.3) is 0 Å². The van der Waals surface area contributed by atoms with Crippen molar-refractivity contribution in [3.8, 4) is 5.75 Å². The average molecular weight is 462 g/mol. The Morgan fingerprint density at radius 3 is 2.90 bits per heavy atom. The molecule has 0 unspecified atom stereocenters. The highest BCUT2D eigenvalue weighted by Crippen LogP contribution is 2.35. The van der Waals surface area contributed by atoms with E-state index in [4.69, 9.17) is 9.47 Å². The quantitative estimate of drug-likeness (QED) is 0.436. The van der Waals surface area contributed by atoms with Gasteiger partial charge in [0.1, 0.15) is 24.6 Å². The summed E-state index contributed by atoms with van der Waals surface area (Å²) in [5.74, 6) is 0.141. The van der Waals surface area contributed by atoms with Gasteiger partial charge in [-0.2, -0.15) is 0 Å². The van der Waals surface area contributed by atoms with E-state index >= 15 is 0 Å². The average Bonchev–Trinajstić information content (AvgIpc) is 3.21. The van der Waals surface area contributed by atoms with Crippen molar-refractivity contribution in [3.63, 3.8) is 0 Å². The van der Waals surface area contributed by atoms with Gasteiger partial charge in [-0.25, -0.2) is 19.4 Å². The summed E-state index contributed by atoms with van der Waals surface area (Å²) in [6.07, 6.45) is 1.28. The molecule has 0 saturated carbocycles. The largest absolute Gasteiger partial charge is 0.477 e. The van der Waals surface area contributed by atoms with E-state index in [1.165, 1.54) is 30.6 Å². The van der Waals surface area contributed by atoms with Crippen molar-refractivity contribution in [1.29, 1.82) is 0 Å². The molecule has 0 fully saturated rings. The van der Waals surface area contributed by atoms with E-state index < -0.39 is 10.7 Å². The predicted molar refractivity (Wildman–Crippen MR) is 107 cm³/mol. The molecule has 0 amide bonds. The molecule has 2 aromatic carbocycles. The van der Waals surface area contributed by atoms with Crippen molar-refractivity contribution in [2.75, 3.05) is 25.1 Å². The highest BCUT2D eigenvalue weighted by molar-refractivity contribution is 9.10. The molecule has 0 spiro atoms. The molecule has 0 atom stereocenters. The molecule has 148 valence electrons. The van der Waals surface area contributed by atoms with E-state index in [9.17, 15) is 14.5 Å². The second kappa shape index (κ2) is 7.95. The molecule has 0 radical (unpaired) electrons. The van der Waals surface area contributed by atoms with Crippen LogP contribution >= 0.6 is 15.9 Å². The van der Waals surface area contributed by atoms with Gasteiger partial charge < -0.3 is 14.8 Å². The number of nitrogens with one attached hydrogen (secondary N) is 1. The molecule has 0 bridgehead atoms. The molecule has 0 saturated heterocycles. The number of nitrogens with zero attached hydrogens (tertiary/aromatic N) is 4. The van der Waals surface area contributed by atoms with E-state index in [2.05, 4.69) is 36.2 Å². The van der Waals surface area contributed by atoms with Gasteiger partial charge in [-0.1, -0.05) is 15.9 Å². The van der Waals surface area contributed by atoms with Gasteiger partial charge in [-0.15, -0.1) is 0 Å². The number of nitro groups is 1. The topological polar surface area (TPSA) is 112 Å². The minimum atomic E-state index is -0.566. The summed E-state index contributed by atoms with van der Waals surface area (Å²) in [7, 11) is 0. The Bertz CT molecular complexity index is 1140. The molecule has 29 heavy (non-hydrogen) atoms. The van der Waals surface area contributed by atoms with Crippen LogP contribution in [0.3, 0.4) is 0 Å². The van der Waals surface area contributed by atoms with Crippen LogP contribution in [0, 0.1) is 15.9 Å². The Morgan fingerprint density at radius 1 is 1.31 bits per heavy atom. The number of hydrogen-bond donors (Lipinski definition) is 1. The third-order valence-corrected chi connectivity index (χ3v) is 4.59. The van der Waals surface area contributed by atoms with Crippen LogP contribution in [0.1, 0.15) is 0 Å². The Morgan fingerprint density at radius 2 is 2.17 bits per heavy atom. The number of anilines is 2. The van der Waals surface area contributed by atoms with Gasteiger partial charge in [0, 0.05) is 16.6 Å². The molecule has 1 aliphatic rings. The molecule has 2 heterocycles. The second-order valence-electron chi connectivity index (χ2n) is 5.98. The Labute approximate surface area is 171 Å². The van der Waals surface area contributed by atoms with Crippen molar-refractivity contribution in [2.45, 2.75) is 0 Å². The lowest BCUT2D eigenvalue weighted by Gasteiger charge is -2.11. The standard InChI is InChI=1S/C18H13BrFN5O4/c19-10-1-2-13(12(20)5-10)24-18-11-6-15(25(26)27)16(7-14(11)22-9-23-18)29-8-17-21-3-4-28-17/h1-2,5-7,9H,3-4,8H2,(H,22,23,24). The van der Waals surface area contributed by atoms with E-state index in [1.54, 1.807) is 6.07 Å². The second-order valence-corrected chi connectivity index (χ2v) is 6.89. The van der Waals surface area contributed by atoms with E-state index in [-0.39, 0.29) is 29.5 Å². The Balaban J connectivity index is 1.71. The molecule has 1 aliphatic heterocycles. The van der Waals surface area contributed by atoms with Crippen molar-refractivity contribution < 1.29 is 18.8 Å². The van der Waals surface area contributed by atoms with Crippen LogP contribution in [0.25, 0.3) is 10.9 Å². The molecule has 0 aliphatic carbocycles. The lowest BCUT2D eigenvalue weighted by atomic mass is 10.2. The van der Waals surface area contributed by atoms with Gasteiger partial charge in [-0.3, -0.25) is 10.1 Å². The number of hydrogen-bond acceptors (Lipinski definition) is 8. The summed E-state index contributed by atoms with van der Waals surface area (Å²) in [6, 6.07) is 7.22. The fourth-order valence-electron chi connectivity index (χ4n) is 2.76. The van der Waals surface area contributed by atoms with E-state index in [0.717, 1.165) is 0 Å². The Hall–Kier alpha value is -3.34. The van der Waals surface area contributed by atoms with Crippen LogP contribution in [0.2, 0.25) is 0 Å². The minimum absolute atomic E-state index is 0.0212. The zero-order valence-corrected chi connectivity index (χ0v) is 16.3. The summed E-state index contributed by atoms with van der Waals surface area (Å²) < 4.78 is 25.5. The van der Waals surface area contributed by atoms with Crippen LogP contribution in [0.5, 0.6) is 5.75 Å². The predicted octanol–water partition coefficient (Wildman–Crippen LogP) is 3.99. The molecular formula is C18H13BrFN5O4. The van der Waals surface area contributed by atoms with E-state index in [1.807, 2.05) is 0 Å². The van der Waals surface area contributed by atoms with Crippen molar-refractivity contribution in [3.05, 3.63) is 57.1 Å². The van der Waals surface area contributed by atoms with Crippen molar-refractivity contribution in [1.82, 2.24) is 9.97 Å². The normalized spacial score (nSPS) is 13.1. The number of benzene rings is 2. The third-order valence-electron chi connectivity index (χ3n) is 4.10. The molecule has 1 N–H and O–H groups in total. The van der Waals surface area contributed by atoms with Crippen molar-refractivity contribution >= 4 is 49.9 Å². The molecule has 9 nitrogen and oxygen atoms in total. The SMILES string of the molecule is O=[N+]([O-])c1cc2c(Nc3ccc(Br)cc3F)ncnc2cc1OCC1=NCCO1. The van der Waals surface area contributed by atoms with Crippen molar-refractivity contribution in [2.24, 2.45) is 4.99 Å². The molecular weight excluding hydrogens is 449 g/mol. The molecule has 4 rings (SSSR count). The van der Waals surface area contributed by atoms with Gasteiger partial charge in [0.15, 0.2) is 12.4 Å². The molecule has 11 heteroatoms. The highest BCUT2D eigenvalue weighted by Gasteiger charge is 2.21. The number of nitro benzene ring substituents is 1. The highest BCUT2D eigenvalue weighted by atomic mass is 79.9. The summed E-state index contributed by atoms with van der Waals surface area (Å²) in [5, 5.41) is 14.8. The number of ether oxygens (including phenoxy) is 2. The maximum atomic E-state index is 14.2. The van der Waals surface area contributed by atoms with Gasteiger partial charge in [0.2, 0.25) is 5.90 Å². The first-order valence-corrected chi connectivity index (χ1v) is 9.25. The number of fused-ring (bicyclic) bond motifs is 1. The fraction of sp³-hybridized carbons (Fsp3) is 0.167. The summed E-state index contributed by atoms with van der Waals surface area (Å²) in [5.41, 5.74) is 0.299. The summed E-state index contributed by atoms with van der Waals surface area (Å²) >= 11 is 3.19. The van der Waals surface area contributed by atoms with Crippen LogP contribution in [0.4, 0.5) is 21.6 Å². The first-order valence-electron chi connectivity index (χ1n) is 8.45. The molecule has 3 aromatic rings. The molecule has 1 aromatic heterocycles. The van der Waals surface area contributed by atoms with Crippen LogP contribution < -0.4 is 10.1 Å². The number of rotatable bonds is 6. The lowest BCUT2D eigenvalue weighted by Crippen LogP contribution is -2.12. The fourth-order valence-corrected chi connectivity index (χ4v) is 3.09. The first kappa shape index (κ1) is 19.0. The number of aliphatic imine (C=N–C) groups is 1. The van der Waals surface area contributed by atoms with Crippen LogP contribution in [-0.2, 0) is 4.74 Å². The monoisotopic (exact) mass is 461 g/mol. The minimum Gasteiger partial charge on any atom is -0.477 e. The third kappa shape index (κ3) is 4.09. The summed E-state index contributed by atoms with van der Waals surface area (Å²) in [4.78, 5) is 23.3. The zero-order chi connectivity index (χ0) is 20.4. The van der Waals surface area contributed by atoms with Crippen LogP contribution in [0.15, 0.2) is 46.1 Å². The summed E-state index contributed by atoms with van der Waals surface area (Å²) in [6.45, 7) is 0.980. The van der Waals surface area contributed by atoms with Gasteiger partial charge >= 0.3 is 5.69 Å². The van der Waals surface area contributed by atoms with Crippen LogP contribution in [-0.4, -0.2) is 40.5 Å².